The second-order valence-electron chi connectivity index (χ2n) is 7.78. The van der Waals surface area contributed by atoms with Gasteiger partial charge >= 0.3 is 0 Å². The molecule has 0 atom stereocenters. The van der Waals surface area contributed by atoms with Gasteiger partial charge in [-0.2, -0.15) is 4.98 Å². The third-order valence-electron chi connectivity index (χ3n) is 5.35. The van der Waals surface area contributed by atoms with Gasteiger partial charge in [-0.15, -0.1) is 0 Å². The van der Waals surface area contributed by atoms with E-state index < -0.39 is 0 Å². The van der Waals surface area contributed by atoms with Crippen molar-refractivity contribution in [2.45, 2.75) is 26.3 Å². The number of carbonyl (C=O) groups excluding carboxylic acids is 1. The van der Waals surface area contributed by atoms with Crippen LogP contribution in [0.3, 0.4) is 0 Å². The summed E-state index contributed by atoms with van der Waals surface area (Å²) in [5.74, 6) is 1.79. The maximum Gasteiger partial charge on any atom is 0.227 e. The zero-order chi connectivity index (χ0) is 23.0. The van der Waals surface area contributed by atoms with Gasteiger partial charge in [0.1, 0.15) is 5.75 Å². The summed E-state index contributed by atoms with van der Waals surface area (Å²) in [5.41, 5.74) is 4.27. The second-order valence-corrected chi connectivity index (χ2v) is 7.78. The molecule has 0 unspecified atom stereocenters. The van der Waals surface area contributed by atoms with E-state index in [0.29, 0.717) is 37.7 Å². The van der Waals surface area contributed by atoms with Crippen LogP contribution in [-0.4, -0.2) is 34.6 Å². The summed E-state index contributed by atoms with van der Waals surface area (Å²) in [6.45, 7) is 3.11. The Balaban J connectivity index is 1.29. The molecule has 0 spiro atoms. The lowest BCUT2D eigenvalue weighted by Crippen LogP contribution is -2.26. The number of rotatable bonds is 9. The topological polar surface area (TPSA) is 68.5 Å². The van der Waals surface area contributed by atoms with Crippen molar-refractivity contribution >= 4 is 5.91 Å². The Hall–Kier alpha value is -3.93. The first-order chi connectivity index (χ1) is 16.1. The highest BCUT2D eigenvalue weighted by molar-refractivity contribution is 5.76. The van der Waals surface area contributed by atoms with Crippen LogP contribution >= 0.6 is 0 Å². The third-order valence-corrected chi connectivity index (χ3v) is 5.35. The van der Waals surface area contributed by atoms with Crippen LogP contribution < -0.4 is 4.74 Å². The van der Waals surface area contributed by atoms with E-state index in [1.807, 2.05) is 56.4 Å². The first-order valence-electron chi connectivity index (χ1n) is 11.1. The molecule has 0 bridgehead atoms. The van der Waals surface area contributed by atoms with Crippen LogP contribution in [0.15, 0.2) is 83.4 Å². The largest absolute Gasteiger partial charge is 0.494 e. The molecule has 3 aromatic carbocycles. The number of carbonyl (C=O) groups is 1. The van der Waals surface area contributed by atoms with E-state index in [0.717, 1.165) is 22.4 Å². The molecule has 1 amide bonds. The van der Waals surface area contributed by atoms with Gasteiger partial charge in [0.2, 0.25) is 17.6 Å². The van der Waals surface area contributed by atoms with Crippen LogP contribution in [-0.2, 0) is 17.8 Å². The zero-order valence-corrected chi connectivity index (χ0v) is 18.9. The van der Waals surface area contributed by atoms with E-state index in [4.69, 9.17) is 9.26 Å². The van der Waals surface area contributed by atoms with Crippen molar-refractivity contribution in [1.82, 2.24) is 15.0 Å². The molecule has 33 heavy (non-hydrogen) atoms. The summed E-state index contributed by atoms with van der Waals surface area (Å²) in [5, 5.41) is 4.03. The van der Waals surface area contributed by atoms with Crippen LogP contribution in [0.5, 0.6) is 5.75 Å². The molecule has 0 fully saturated rings. The molecule has 0 aliphatic heterocycles. The van der Waals surface area contributed by atoms with E-state index >= 15 is 0 Å². The van der Waals surface area contributed by atoms with Crippen molar-refractivity contribution in [2.75, 3.05) is 13.7 Å². The van der Waals surface area contributed by atoms with Crippen molar-refractivity contribution < 1.29 is 14.1 Å². The van der Waals surface area contributed by atoms with Crippen molar-refractivity contribution in [1.29, 1.82) is 0 Å². The number of nitrogens with zero attached hydrogens (tertiary/aromatic N) is 3. The molecule has 0 N–H and O–H groups in total. The summed E-state index contributed by atoms with van der Waals surface area (Å²) in [6.07, 6.45) is 0.712. The van der Waals surface area contributed by atoms with Crippen LogP contribution in [0.1, 0.15) is 24.8 Å². The molecule has 0 aliphatic carbocycles. The summed E-state index contributed by atoms with van der Waals surface area (Å²) >= 11 is 0. The number of aromatic nitrogens is 2. The van der Waals surface area contributed by atoms with Gasteiger partial charge in [0.05, 0.1) is 6.61 Å². The molecule has 1 aromatic heterocycles. The van der Waals surface area contributed by atoms with Crippen molar-refractivity contribution in [3.05, 3.63) is 90.3 Å². The third kappa shape index (κ3) is 5.86. The number of ether oxygens (including phenoxy) is 1. The van der Waals surface area contributed by atoms with Crippen molar-refractivity contribution in [3.63, 3.8) is 0 Å². The Morgan fingerprint density at radius 3 is 2.27 bits per heavy atom. The van der Waals surface area contributed by atoms with Gasteiger partial charge in [-0.05, 0) is 47.9 Å². The maximum atomic E-state index is 12.6. The minimum absolute atomic E-state index is 0.0305. The lowest BCUT2D eigenvalue weighted by Gasteiger charge is -2.17. The number of benzene rings is 3. The van der Waals surface area contributed by atoms with Gasteiger partial charge < -0.3 is 14.2 Å². The van der Waals surface area contributed by atoms with Crippen LogP contribution in [0.25, 0.3) is 22.5 Å². The molecule has 6 nitrogen and oxygen atoms in total. The molecular weight excluding hydrogens is 414 g/mol. The lowest BCUT2D eigenvalue weighted by molar-refractivity contribution is -0.130. The molecule has 0 saturated heterocycles. The molecule has 4 aromatic rings. The van der Waals surface area contributed by atoms with Gasteiger partial charge in [0, 0.05) is 32.0 Å². The normalized spacial score (nSPS) is 10.7. The maximum absolute atomic E-state index is 12.6. The smallest absolute Gasteiger partial charge is 0.227 e. The standard InChI is InChI=1S/C27H27N3O3/c1-3-32-24-15-13-23(14-16-24)27-28-25(33-29-27)17-18-26(31)30(2)19-20-9-11-22(12-10-20)21-7-5-4-6-8-21/h4-16H,3,17-19H2,1-2H3. The monoisotopic (exact) mass is 441 g/mol. The Kier molecular flexibility index (Phi) is 7.15. The molecule has 0 saturated carbocycles. The van der Waals surface area contributed by atoms with E-state index in [1.54, 1.807) is 4.90 Å². The summed E-state index contributed by atoms with van der Waals surface area (Å²) in [6, 6.07) is 26.1. The summed E-state index contributed by atoms with van der Waals surface area (Å²) in [4.78, 5) is 18.8. The second kappa shape index (κ2) is 10.6. The highest BCUT2D eigenvalue weighted by Crippen LogP contribution is 2.21. The van der Waals surface area contributed by atoms with E-state index in [9.17, 15) is 4.79 Å². The van der Waals surface area contributed by atoms with E-state index in [1.165, 1.54) is 5.56 Å². The molecular formula is C27H27N3O3. The fraction of sp³-hybridized carbons (Fsp3) is 0.222. The Bertz CT molecular complexity index is 1170. The van der Waals surface area contributed by atoms with Crippen LogP contribution in [0.2, 0.25) is 0 Å². The van der Waals surface area contributed by atoms with E-state index in [2.05, 4.69) is 46.5 Å². The van der Waals surface area contributed by atoms with Crippen molar-refractivity contribution in [2.24, 2.45) is 0 Å². The van der Waals surface area contributed by atoms with Crippen molar-refractivity contribution in [3.8, 4) is 28.3 Å². The fourth-order valence-corrected chi connectivity index (χ4v) is 3.54. The quantitative estimate of drug-likeness (QED) is 0.348. The fourth-order valence-electron chi connectivity index (χ4n) is 3.54. The Morgan fingerprint density at radius 2 is 1.58 bits per heavy atom. The van der Waals surface area contributed by atoms with Gasteiger partial charge in [-0.25, -0.2) is 0 Å². The highest BCUT2D eigenvalue weighted by Gasteiger charge is 2.14. The minimum atomic E-state index is 0.0305. The van der Waals surface area contributed by atoms with Gasteiger partial charge in [-0.1, -0.05) is 59.8 Å². The first kappa shape index (κ1) is 22.3. The van der Waals surface area contributed by atoms with E-state index in [-0.39, 0.29) is 5.91 Å². The predicted molar refractivity (Wildman–Crippen MR) is 128 cm³/mol. The summed E-state index contributed by atoms with van der Waals surface area (Å²) < 4.78 is 10.8. The first-order valence-corrected chi connectivity index (χ1v) is 11.1. The average molecular weight is 442 g/mol. The summed E-state index contributed by atoms with van der Waals surface area (Å²) in [7, 11) is 1.81. The predicted octanol–water partition coefficient (Wildman–Crippen LogP) is 5.39. The Labute approximate surface area is 193 Å². The van der Waals surface area contributed by atoms with Crippen LogP contribution in [0.4, 0.5) is 0 Å². The molecule has 4 rings (SSSR count). The number of amides is 1. The lowest BCUT2D eigenvalue weighted by atomic mass is 10.0. The minimum Gasteiger partial charge on any atom is -0.494 e. The number of aryl methyl sites for hydroxylation is 1. The molecule has 0 radical (unpaired) electrons. The SMILES string of the molecule is CCOc1ccc(-c2noc(CCC(=O)N(C)Cc3ccc(-c4ccccc4)cc3)n2)cc1. The van der Waals surface area contributed by atoms with Gasteiger partial charge in [0.25, 0.3) is 0 Å². The van der Waals surface area contributed by atoms with Crippen LogP contribution in [0, 0.1) is 0 Å². The highest BCUT2D eigenvalue weighted by atomic mass is 16.5. The molecule has 168 valence electrons. The number of hydrogen-bond acceptors (Lipinski definition) is 5. The molecule has 1 heterocycles. The Morgan fingerprint density at radius 1 is 0.909 bits per heavy atom. The van der Waals surface area contributed by atoms with Gasteiger partial charge in [0.15, 0.2) is 0 Å². The average Bonchev–Trinajstić information content (AvgIpc) is 3.33. The number of hydrogen-bond donors (Lipinski definition) is 0. The zero-order valence-electron chi connectivity index (χ0n) is 18.9. The van der Waals surface area contributed by atoms with Gasteiger partial charge in [-0.3, -0.25) is 4.79 Å². The molecule has 0 aliphatic rings. The molecule has 6 heteroatoms.